The van der Waals surface area contributed by atoms with Gasteiger partial charge in [0.25, 0.3) is 11.6 Å². The molecule has 1 unspecified atom stereocenters. The Balaban J connectivity index is 1.90. The van der Waals surface area contributed by atoms with Crippen molar-refractivity contribution in [2.75, 3.05) is 27.2 Å². The molecule has 0 heterocycles. The van der Waals surface area contributed by atoms with E-state index in [9.17, 15) is 19.7 Å². The lowest BCUT2D eigenvalue weighted by Gasteiger charge is -2.25. The largest absolute Gasteiger partial charge is 0.353 e. The maximum Gasteiger partial charge on any atom is 0.272 e. The average Bonchev–Trinajstić information content (AvgIpc) is 2.72. The van der Waals surface area contributed by atoms with Gasteiger partial charge in [-0.15, -0.1) is 0 Å². The molecular weight excluding hydrogens is 384 g/mol. The molecule has 0 saturated carbocycles. The number of amides is 2. The molecule has 2 amide bonds. The first-order valence-corrected chi connectivity index (χ1v) is 9.78. The normalized spacial score (nSPS) is 11.8. The van der Waals surface area contributed by atoms with E-state index in [1.165, 1.54) is 23.8 Å². The summed E-state index contributed by atoms with van der Waals surface area (Å²) >= 11 is 0. The molecule has 0 saturated heterocycles. The van der Waals surface area contributed by atoms with Crippen LogP contribution in [0.15, 0.2) is 42.5 Å². The van der Waals surface area contributed by atoms with Crippen LogP contribution in [0.3, 0.4) is 0 Å². The van der Waals surface area contributed by atoms with Gasteiger partial charge in [-0.05, 0) is 50.7 Å². The van der Waals surface area contributed by atoms with Crippen LogP contribution in [0.2, 0.25) is 0 Å². The van der Waals surface area contributed by atoms with Crippen LogP contribution in [0.25, 0.3) is 0 Å². The van der Waals surface area contributed by atoms with Crippen molar-refractivity contribution >= 4 is 17.5 Å². The van der Waals surface area contributed by atoms with Crippen LogP contribution in [0.5, 0.6) is 0 Å². The molecule has 2 rings (SSSR count). The summed E-state index contributed by atoms with van der Waals surface area (Å²) in [7, 11) is 3.90. The SMILES string of the molecule is CCc1ccc(C(CNC(=O)CNC(=O)c2ccc([N+](=O)[O-])c(C)c2)N(C)C)cc1. The molecule has 0 aliphatic carbocycles. The molecule has 30 heavy (non-hydrogen) atoms. The Hall–Kier alpha value is -3.26. The summed E-state index contributed by atoms with van der Waals surface area (Å²) in [6.45, 7) is 3.90. The Bertz CT molecular complexity index is 910. The lowest BCUT2D eigenvalue weighted by Crippen LogP contribution is -2.40. The predicted molar refractivity (Wildman–Crippen MR) is 115 cm³/mol. The number of hydrogen-bond acceptors (Lipinski definition) is 5. The molecule has 1 atom stereocenters. The highest BCUT2D eigenvalue weighted by atomic mass is 16.6. The Labute approximate surface area is 176 Å². The predicted octanol–water partition coefficient (Wildman–Crippen LogP) is 2.61. The molecule has 8 nitrogen and oxygen atoms in total. The molecule has 0 aliphatic rings. The van der Waals surface area contributed by atoms with E-state index >= 15 is 0 Å². The van der Waals surface area contributed by atoms with Gasteiger partial charge in [0.1, 0.15) is 0 Å². The summed E-state index contributed by atoms with van der Waals surface area (Å²) in [5.41, 5.74) is 2.96. The van der Waals surface area contributed by atoms with Crippen molar-refractivity contribution in [3.05, 3.63) is 74.8 Å². The van der Waals surface area contributed by atoms with Crippen LogP contribution in [-0.2, 0) is 11.2 Å². The summed E-state index contributed by atoms with van der Waals surface area (Å²) < 4.78 is 0. The van der Waals surface area contributed by atoms with Gasteiger partial charge < -0.3 is 15.5 Å². The highest BCUT2D eigenvalue weighted by molar-refractivity contribution is 5.96. The molecular formula is C22H28N4O4. The molecule has 0 bridgehead atoms. The molecule has 0 spiro atoms. The van der Waals surface area contributed by atoms with Crippen molar-refractivity contribution in [2.45, 2.75) is 26.3 Å². The minimum atomic E-state index is -0.499. The molecule has 2 aromatic carbocycles. The number of nitrogens with one attached hydrogen (secondary N) is 2. The topological polar surface area (TPSA) is 105 Å². The molecule has 2 aromatic rings. The van der Waals surface area contributed by atoms with Gasteiger partial charge in [-0.3, -0.25) is 19.7 Å². The second kappa shape index (κ2) is 10.5. The van der Waals surface area contributed by atoms with E-state index in [-0.39, 0.29) is 29.7 Å². The number of benzene rings is 2. The highest BCUT2D eigenvalue weighted by Crippen LogP contribution is 2.19. The van der Waals surface area contributed by atoms with E-state index in [4.69, 9.17) is 0 Å². The molecule has 0 fully saturated rings. The average molecular weight is 412 g/mol. The van der Waals surface area contributed by atoms with E-state index < -0.39 is 10.8 Å². The quantitative estimate of drug-likeness (QED) is 0.487. The molecule has 2 N–H and O–H groups in total. The zero-order chi connectivity index (χ0) is 22.3. The van der Waals surface area contributed by atoms with E-state index in [0.717, 1.165) is 12.0 Å². The first-order chi connectivity index (χ1) is 14.2. The van der Waals surface area contributed by atoms with Crippen LogP contribution in [-0.4, -0.2) is 48.8 Å². The van der Waals surface area contributed by atoms with Crippen molar-refractivity contribution in [1.82, 2.24) is 15.5 Å². The minimum Gasteiger partial charge on any atom is -0.353 e. The van der Waals surface area contributed by atoms with Crippen LogP contribution in [0, 0.1) is 17.0 Å². The van der Waals surface area contributed by atoms with Gasteiger partial charge in [-0.25, -0.2) is 0 Å². The number of carbonyl (C=O) groups excluding carboxylic acids is 2. The summed E-state index contributed by atoms with van der Waals surface area (Å²) in [4.78, 5) is 36.9. The monoisotopic (exact) mass is 412 g/mol. The van der Waals surface area contributed by atoms with Gasteiger partial charge in [-0.1, -0.05) is 31.2 Å². The molecule has 8 heteroatoms. The summed E-state index contributed by atoms with van der Waals surface area (Å²) in [5.74, 6) is -0.763. The summed E-state index contributed by atoms with van der Waals surface area (Å²) in [5, 5.41) is 16.3. The third-order valence-corrected chi connectivity index (χ3v) is 4.95. The Kier molecular flexibility index (Phi) is 8.06. The van der Waals surface area contributed by atoms with Gasteiger partial charge in [0.05, 0.1) is 17.5 Å². The minimum absolute atomic E-state index is 0.00730. The fraction of sp³-hybridized carbons (Fsp3) is 0.364. The maximum atomic E-state index is 12.2. The zero-order valence-electron chi connectivity index (χ0n) is 17.8. The van der Waals surface area contributed by atoms with Crippen LogP contribution in [0.4, 0.5) is 5.69 Å². The first kappa shape index (κ1) is 23.0. The Morgan fingerprint density at radius 1 is 1.10 bits per heavy atom. The number of nitro benzene ring substituents is 1. The van der Waals surface area contributed by atoms with Gasteiger partial charge in [0.15, 0.2) is 0 Å². The first-order valence-electron chi connectivity index (χ1n) is 9.78. The molecule has 0 radical (unpaired) electrons. The Morgan fingerprint density at radius 2 is 1.77 bits per heavy atom. The van der Waals surface area contributed by atoms with Crippen molar-refractivity contribution in [2.24, 2.45) is 0 Å². The van der Waals surface area contributed by atoms with E-state index in [2.05, 4.69) is 41.8 Å². The second-order valence-electron chi connectivity index (χ2n) is 7.32. The van der Waals surface area contributed by atoms with Crippen molar-refractivity contribution in [3.63, 3.8) is 0 Å². The number of nitrogens with zero attached hydrogens (tertiary/aromatic N) is 2. The van der Waals surface area contributed by atoms with Crippen molar-refractivity contribution < 1.29 is 14.5 Å². The van der Waals surface area contributed by atoms with Crippen molar-refractivity contribution in [3.8, 4) is 0 Å². The standard InChI is InChI=1S/C22H28N4O4/c1-5-16-6-8-17(9-7-16)20(25(3)4)13-23-21(27)14-24-22(28)18-10-11-19(26(29)30)15(2)12-18/h6-12,20H,5,13-14H2,1-4H3,(H,23,27)(H,24,28). The van der Waals surface area contributed by atoms with Crippen LogP contribution >= 0.6 is 0 Å². The lowest BCUT2D eigenvalue weighted by atomic mass is 10.0. The van der Waals surface area contributed by atoms with Gasteiger partial charge >= 0.3 is 0 Å². The molecule has 160 valence electrons. The maximum absolute atomic E-state index is 12.2. The Morgan fingerprint density at radius 3 is 2.30 bits per heavy atom. The molecule has 0 aromatic heterocycles. The number of hydrogen-bond donors (Lipinski definition) is 2. The van der Waals surface area contributed by atoms with E-state index in [0.29, 0.717) is 12.1 Å². The summed E-state index contributed by atoms with van der Waals surface area (Å²) in [6, 6.07) is 12.4. The van der Waals surface area contributed by atoms with Crippen LogP contribution in [0.1, 0.15) is 40.0 Å². The van der Waals surface area contributed by atoms with Gasteiger partial charge in [0, 0.05) is 23.7 Å². The summed E-state index contributed by atoms with van der Waals surface area (Å²) in [6.07, 6.45) is 0.970. The van der Waals surface area contributed by atoms with Gasteiger partial charge in [-0.2, -0.15) is 0 Å². The fourth-order valence-electron chi connectivity index (χ4n) is 3.11. The lowest BCUT2D eigenvalue weighted by molar-refractivity contribution is -0.385. The number of rotatable bonds is 9. The van der Waals surface area contributed by atoms with E-state index in [1.807, 2.05) is 19.0 Å². The van der Waals surface area contributed by atoms with Crippen molar-refractivity contribution in [1.29, 1.82) is 0 Å². The number of carbonyl (C=O) groups is 2. The number of aryl methyl sites for hydroxylation is 2. The number of likely N-dealkylation sites (N-methyl/N-ethyl adjacent to an activating group) is 1. The highest BCUT2D eigenvalue weighted by Gasteiger charge is 2.17. The smallest absolute Gasteiger partial charge is 0.272 e. The number of nitro groups is 1. The zero-order valence-corrected chi connectivity index (χ0v) is 17.8. The third kappa shape index (κ3) is 6.12. The van der Waals surface area contributed by atoms with Crippen LogP contribution < -0.4 is 10.6 Å². The van der Waals surface area contributed by atoms with Gasteiger partial charge in [0.2, 0.25) is 5.91 Å². The second-order valence-corrected chi connectivity index (χ2v) is 7.32. The third-order valence-electron chi connectivity index (χ3n) is 4.95. The van der Waals surface area contributed by atoms with E-state index in [1.54, 1.807) is 6.92 Å². The molecule has 0 aliphatic heterocycles. The fourth-order valence-corrected chi connectivity index (χ4v) is 3.11.